The second-order valence-corrected chi connectivity index (χ2v) is 5.90. The van der Waals surface area contributed by atoms with Crippen LogP contribution in [-0.2, 0) is 16.0 Å². The molecule has 4 heteroatoms. The predicted molar refractivity (Wildman–Crippen MR) is 87.0 cm³/mol. The van der Waals surface area contributed by atoms with Crippen LogP contribution < -0.4 is 5.73 Å². The smallest absolute Gasteiger partial charge is 0.226 e. The number of hydrogen-bond donors (Lipinski definition) is 1. The maximum absolute atomic E-state index is 12.5. The third kappa shape index (κ3) is 4.20. The van der Waals surface area contributed by atoms with E-state index >= 15 is 0 Å². The van der Waals surface area contributed by atoms with Gasteiger partial charge in [0.15, 0.2) is 0 Å². The van der Waals surface area contributed by atoms with Crippen LogP contribution in [0.25, 0.3) is 0 Å². The molecule has 4 nitrogen and oxygen atoms in total. The molecule has 0 aromatic heterocycles. The molecule has 118 valence electrons. The van der Waals surface area contributed by atoms with E-state index in [-0.39, 0.29) is 30.2 Å². The Bertz CT molecular complexity index is 527. The zero-order valence-electron chi connectivity index (χ0n) is 12.9. The number of rotatable bonds is 8. The van der Waals surface area contributed by atoms with Crippen LogP contribution in [0.3, 0.4) is 0 Å². The largest absolute Gasteiger partial charge is 0.370 e. The van der Waals surface area contributed by atoms with Crippen molar-refractivity contribution in [3.8, 4) is 0 Å². The first kappa shape index (κ1) is 16.3. The Morgan fingerprint density at radius 1 is 1.36 bits per heavy atom. The van der Waals surface area contributed by atoms with Crippen molar-refractivity contribution in [2.75, 3.05) is 6.54 Å². The van der Waals surface area contributed by atoms with Crippen LogP contribution in [0.5, 0.6) is 0 Å². The molecule has 1 aliphatic heterocycles. The van der Waals surface area contributed by atoms with Crippen molar-refractivity contribution in [3.05, 3.63) is 48.6 Å². The third-order valence-electron chi connectivity index (χ3n) is 4.22. The summed E-state index contributed by atoms with van der Waals surface area (Å²) in [5, 5.41) is 0. The van der Waals surface area contributed by atoms with Crippen molar-refractivity contribution in [1.82, 2.24) is 4.90 Å². The molecule has 2 rings (SSSR count). The number of carbonyl (C=O) groups excluding carboxylic acids is 2. The van der Waals surface area contributed by atoms with Gasteiger partial charge in [-0.2, -0.15) is 0 Å². The van der Waals surface area contributed by atoms with Gasteiger partial charge in [0, 0.05) is 24.9 Å². The highest BCUT2D eigenvalue weighted by Crippen LogP contribution is 2.29. The first-order valence-electron chi connectivity index (χ1n) is 7.85. The van der Waals surface area contributed by atoms with Crippen LogP contribution in [0.1, 0.15) is 31.2 Å². The van der Waals surface area contributed by atoms with E-state index in [4.69, 9.17) is 5.73 Å². The molecule has 1 aliphatic rings. The first-order valence-corrected chi connectivity index (χ1v) is 7.85. The summed E-state index contributed by atoms with van der Waals surface area (Å²) in [5.41, 5.74) is 6.59. The fourth-order valence-electron chi connectivity index (χ4n) is 3.19. The normalized spacial score (nSPS) is 21.1. The Hall–Kier alpha value is -2.10. The van der Waals surface area contributed by atoms with Crippen LogP contribution in [-0.4, -0.2) is 29.3 Å². The maximum Gasteiger partial charge on any atom is 0.226 e. The second-order valence-electron chi connectivity index (χ2n) is 5.90. The summed E-state index contributed by atoms with van der Waals surface area (Å²) in [6.07, 6.45) is 5.23. The molecule has 0 unspecified atom stereocenters. The molecular formula is C18H24N2O2. The molecule has 0 radical (unpaired) electrons. The lowest BCUT2D eigenvalue weighted by Gasteiger charge is -2.24. The number of carbonyl (C=O) groups is 2. The fraction of sp³-hybridized carbons (Fsp3) is 0.444. The molecule has 0 spiro atoms. The zero-order valence-corrected chi connectivity index (χ0v) is 12.9. The highest BCUT2D eigenvalue weighted by atomic mass is 16.2. The minimum Gasteiger partial charge on any atom is -0.370 e. The predicted octanol–water partition coefficient (Wildman–Crippen LogP) is 2.29. The van der Waals surface area contributed by atoms with E-state index in [1.807, 2.05) is 23.1 Å². The average molecular weight is 300 g/mol. The number of benzene rings is 1. The molecule has 2 amide bonds. The molecular weight excluding hydrogens is 276 g/mol. The van der Waals surface area contributed by atoms with Gasteiger partial charge in [0.05, 0.1) is 0 Å². The van der Waals surface area contributed by atoms with Gasteiger partial charge in [-0.15, -0.1) is 6.58 Å². The van der Waals surface area contributed by atoms with Gasteiger partial charge in [0.25, 0.3) is 0 Å². The quantitative estimate of drug-likeness (QED) is 0.749. The summed E-state index contributed by atoms with van der Waals surface area (Å²) in [5.74, 6) is -0.247. The minimum atomic E-state index is -0.342. The second kappa shape index (κ2) is 7.78. The van der Waals surface area contributed by atoms with E-state index in [1.165, 1.54) is 5.56 Å². The third-order valence-corrected chi connectivity index (χ3v) is 4.22. The van der Waals surface area contributed by atoms with E-state index in [2.05, 4.69) is 18.7 Å². The van der Waals surface area contributed by atoms with Gasteiger partial charge < -0.3 is 10.6 Å². The van der Waals surface area contributed by atoms with Gasteiger partial charge in [-0.3, -0.25) is 9.59 Å². The number of likely N-dealkylation sites (tertiary alicyclic amines) is 1. The molecule has 22 heavy (non-hydrogen) atoms. The van der Waals surface area contributed by atoms with E-state index in [0.717, 1.165) is 12.8 Å². The van der Waals surface area contributed by atoms with Gasteiger partial charge in [-0.1, -0.05) is 36.4 Å². The molecule has 2 atom stereocenters. The Kier molecular flexibility index (Phi) is 5.75. The standard InChI is InChI=1S/C18H24N2O2/c1-2-7-15-12-16(13-17(19)21)20(18(15)22)11-6-10-14-8-4-3-5-9-14/h2-5,8-9,15-16H,1,6-7,10-13H2,(H2,19,21)/t15-,16+/m1/s1. The number of allylic oxidation sites excluding steroid dienone is 1. The first-order chi connectivity index (χ1) is 10.6. The summed E-state index contributed by atoms with van der Waals surface area (Å²) in [4.78, 5) is 25.5. The van der Waals surface area contributed by atoms with E-state index in [9.17, 15) is 9.59 Å². The molecule has 0 saturated carbocycles. The van der Waals surface area contributed by atoms with Gasteiger partial charge in [0.2, 0.25) is 11.8 Å². The van der Waals surface area contributed by atoms with Crippen LogP contribution in [0, 0.1) is 5.92 Å². The molecule has 1 heterocycles. The number of amides is 2. The molecule has 2 N–H and O–H groups in total. The Labute approximate surface area is 132 Å². The van der Waals surface area contributed by atoms with Crippen molar-refractivity contribution in [1.29, 1.82) is 0 Å². The monoisotopic (exact) mass is 300 g/mol. The summed E-state index contributed by atoms with van der Waals surface area (Å²) < 4.78 is 0. The van der Waals surface area contributed by atoms with E-state index in [1.54, 1.807) is 6.08 Å². The molecule has 0 aliphatic carbocycles. The fourth-order valence-corrected chi connectivity index (χ4v) is 3.19. The van der Waals surface area contributed by atoms with Gasteiger partial charge >= 0.3 is 0 Å². The number of nitrogens with zero attached hydrogens (tertiary/aromatic N) is 1. The van der Waals surface area contributed by atoms with Crippen molar-refractivity contribution in [2.45, 2.75) is 38.1 Å². The lowest BCUT2D eigenvalue weighted by Crippen LogP contribution is -2.37. The van der Waals surface area contributed by atoms with Crippen molar-refractivity contribution in [3.63, 3.8) is 0 Å². The molecule has 0 bridgehead atoms. The van der Waals surface area contributed by atoms with Crippen molar-refractivity contribution >= 4 is 11.8 Å². The molecule has 1 saturated heterocycles. The molecule has 1 aromatic carbocycles. The Balaban J connectivity index is 1.94. The summed E-state index contributed by atoms with van der Waals surface area (Å²) in [7, 11) is 0. The Morgan fingerprint density at radius 2 is 2.09 bits per heavy atom. The number of nitrogens with two attached hydrogens (primary N) is 1. The summed E-state index contributed by atoms with van der Waals surface area (Å²) in [6, 6.07) is 10.2. The SMILES string of the molecule is C=CC[C@@H]1C[C@@H](CC(N)=O)N(CCCc2ccccc2)C1=O. The van der Waals surface area contributed by atoms with E-state index < -0.39 is 0 Å². The average Bonchev–Trinajstić information content (AvgIpc) is 2.77. The van der Waals surface area contributed by atoms with Crippen LogP contribution in [0.4, 0.5) is 0 Å². The van der Waals surface area contributed by atoms with Crippen LogP contribution >= 0.6 is 0 Å². The lowest BCUT2D eigenvalue weighted by atomic mass is 10.00. The van der Waals surface area contributed by atoms with Crippen molar-refractivity contribution in [2.24, 2.45) is 11.7 Å². The van der Waals surface area contributed by atoms with Crippen LogP contribution in [0.15, 0.2) is 43.0 Å². The van der Waals surface area contributed by atoms with Gasteiger partial charge in [-0.05, 0) is 31.2 Å². The maximum atomic E-state index is 12.5. The highest BCUT2D eigenvalue weighted by molar-refractivity contribution is 5.83. The number of aryl methyl sites for hydroxylation is 1. The van der Waals surface area contributed by atoms with Crippen LogP contribution in [0.2, 0.25) is 0 Å². The minimum absolute atomic E-state index is 0.0430. The zero-order chi connectivity index (χ0) is 15.9. The highest BCUT2D eigenvalue weighted by Gasteiger charge is 2.38. The van der Waals surface area contributed by atoms with Crippen molar-refractivity contribution < 1.29 is 9.59 Å². The lowest BCUT2D eigenvalue weighted by molar-refractivity contribution is -0.132. The van der Waals surface area contributed by atoms with Gasteiger partial charge in [-0.25, -0.2) is 0 Å². The number of primary amides is 1. The summed E-state index contributed by atoms with van der Waals surface area (Å²) >= 11 is 0. The topological polar surface area (TPSA) is 63.4 Å². The Morgan fingerprint density at radius 3 is 2.73 bits per heavy atom. The number of hydrogen-bond acceptors (Lipinski definition) is 2. The molecule has 1 fully saturated rings. The molecule has 1 aromatic rings. The van der Waals surface area contributed by atoms with E-state index in [0.29, 0.717) is 19.4 Å². The summed E-state index contributed by atoms with van der Waals surface area (Å²) in [6.45, 7) is 4.39. The van der Waals surface area contributed by atoms with Gasteiger partial charge in [0.1, 0.15) is 0 Å².